The van der Waals surface area contributed by atoms with Gasteiger partial charge < -0.3 is 4.57 Å². The van der Waals surface area contributed by atoms with E-state index in [2.05, 4.69) is 36.9 Å². The van der Waals surface area contributed by atoms with E-state index < -0.39 is 0 Å². The van der Waals surface area contributed by atoms with Gasteiger partial charge in [0.2, 0.25) is 0 Å². The fraction of sp³-hybridized carbons (Fsp3) is 0. The number of nitrogens with zero attached hydrogens (tertiary/aromatic N) is 2. The Bertz CT molecular complexity index is 1130. The molecule has 0 amide bonds. The van der Waals surface area contributed by atoms with Gasteiger partial charge in [-0.25, -0.2) is 0 Å². The van der Waals surface area contributed by atoms with Crippen LogP contribution in [0.1, 0.15) is 11.1 Å². The highest BCUT2D eigenvalue weighted by Gasteiger charge is 2.14. The molecule has 4 rings (SSSR count). The molecule has 0 saturated carbocycles. The van der Waals surface area contributed by atoms with E-state index in [1.165, 1.54) is 0 Å². The molecule has 1 aromatic heterocycles. The molecule has 1 heterocycles. The van der Waals surface area contributed by atoms with Crippen molar-refractivity contribution in [2.24, 2.45) is 0 Å². The van der Waals surface area contributed by atoms with Gasteiger partial charge in [-0.1, -0.05) is 79.4 Å². The molecule has 2 heteroatoms. The van der Waals surface area contributed by atoms with Crippen LogP contribution in [0.25, 0.3) is 34.0 Å². The van der Waals surface area contributed by atoms with Crippen molar-refractivity contribution in [3.05, 3.63) is 109 Å². The minimum absolute atomic E-state index is 0.658. The zero-order valence-corrected chi connectivity index (χ0v) is 14.8. The molecule has 3 aromatic carbocycles. The van der Waals surface area contributed by atoms with E-state index in [1.54, 1.807) is 0 Å². The molecule has 0 aliphatic carbocycles. The molecule has 0 bridgehead atoms. The first kappa shape index (κ1) is 16.6. The lowest BCUT2D eigenvalue weighted by atomic mass is 9.94. The zero-order chi connectivity index (χ0) is 18.6. The Hall–Kier alpha value is -3.83. The van der Waals surface area contributed by atoms with Crippen LogP contribution in [0.5, 0.6) is 0 Å². The van der Waals surface area contributed by atoms with Crippen LogP contribution in [0, 0.1) is 11.3 Å². The van der Waals surface area contributed by atoms with Crippen molar-refractivity contribution in [3.8, 4) is 34.0 Å². The Morgan fingerprint density at radius 1 is 0.741 bits per heavy atom. The predicted octanol–water partition coefficient (Wildman–Crippen LogP) is 6.33. The van der Waals surface area contributed by atoms with Crippen molar-refractivity contribution in [3.63, 3.8) is 0 Å². The third-order valence-electron chi connectivity index (χ3n) is 4.68. The van der Waals surface area contributed by atoms with Crippen LogP contribution in [-0.4, -0.2) is 4.57 Å². The summed E-state index contributed by atoms with van der Waals surface area (Å²) in [5.74, 6) is 0. The molecular weight excluding hydrogens is 328 g/mol. The second-order valence-electron chi connectivity index (χ2n) is 6.31. The highest BCUT2D eigenvalue weighted by Crippen LogP contribution is 2.34. The van der Waals surface area contributed by atoms with Crippen molar-refractivity contribution in [1.82, 2.24) is 4.57 Å². The monoisotopic (exact) mass is 346 g/mol. The number of aromatic nitrogens is 1. The standard InChI is InChI=1S/C25H18N2/c1-2-19-12-14-22(15-13-19)27-17-21(16-26)25(18-27)24-11-7-6-10-23(24)20-8-4-3-5-9-20/h2-15,17-18H,1H2. The first-order valence-electron chi connectivity index (χ1n) is 8.80. The number of nitriles is 1. The maximum absolute atomic E-state index is 9.71. The fourth-order valence-electron chi connectivity index (χ4n) is 3.28. The number of hydrogen-bond acceptors (Lipinski definition) is 1. The van der Waals surface area contributed by atoms with E-state index in [0.29, 0.717) is 5.56 Å². The van der Waals surface area contributed by atoms with Gasteiger partial charge >= 0.3 is 0 Å². The maximum Gasteiger partial charge on any atom is 0.101 e. The summed E-state index contributed by atoms with van der Waals surface area (Å²) < 4.78 is 2.00. The van der Waals surface area contributed by atoms with Gasteiger partial charge in [-0.3, -0.25) is 0 Å². The van der Waals surface area contributed by atoms with Gasteiger partial charge in [0.05, 0.1) is 5.56 Å². The summed E-state index contributed by atoms with van der Waals surface area (Å²) in [5.41, 5.74) is 6.99. The third-order valence-corrected chi connectivity index (χ3v) is 4.68. The second kappa shape index (κ2) is 7.19. The van der Waals surface area contributed by atoms with Gasteiger partial charge in [0.25, 0.3) is 0 Å². The quantitative estimate of drug-likeness (QED) is 0.425. The fourth-order valence-corrected chi connectivity index (χ4v) is 3.28. The summed E-state index contributed by atoms with van der Waals surface area (Å²) in [6.07, 6.45) is 5.74. The average Bonchev–Trinajstić information content (AvgIpc) is 3.19. The molecule has 0 fully saturated rings. The number of benzene rings is 3. The van der Waals surface area contributed by atoms with Crippen molar-refractivity contribution in [1.29, 1.82) is 5.26 Å². The van der Waals surface area contributed by atoms with Gasteiger partial charge in [0.1, 0.15) is 6.07 Å². The molecule has 0 atom stereocenters. The SMILES string of the molecule is C=Cc1ccc(-n2cc(C#N)c(-c3ccccc3-c3ccccc3)c2)cc1. The topological polar surface area (TPSA) is 28.7 Å². The molecule has 0 unspecified atom stereocenters. The van der Waals surface area contributed by atoms with Gasteiger partial charge in [0.15, 0.2) is 0 Å². The van der Waals surface area contributed by atoms with E-state index in [4.69, 9.17) is 0 Å². The number of rotatable bonds is 4. The Balaban J connectivity index is 1.85. The lowest BCUT2D eigenvalue weighted by Gasteiger charge is -2.09. The van der Waals surface area contributed by atoms with Gasteiger partial charge in [-0.15, -0.1) is 0 Å². The molecule has 0 saturated heterocycles. The molecular formula is C25H18N2. The van der Waals surface area contributed by atoms with Crippen LogP contribution in [0.4, 0.5) is 0 Å². The summed E-state index contributed by atoms with van der Waals surface area (Å²) in [4.78, 5) is 0. The average molecular weight is 346 g/mol. The molecule has 0 N–H and O–H groups in total. The second-order valence-corrected chi connectivity index (χ2v) is 6.31. The van der Waals surface area contributed by atoms with Gasteiger partial charge in [-0.05, 0) is 34.4 Å². The van der Waals surface area contributed by atoms with Crippen molar-refractivity contribution >= 4 is 6.08 Å². The lowest BCUT2D eigenvalue weighted by molar-refractivity contribution is 1.08. The molecule has 2 nitrogen and oxygen atoms in total. The highest BCUT2D eigenvalue weighted by molar-refractivity contribution is 5.86. The molecule has 0 aliphatic rings. The summed E-state index contributed by atoms with van der Waals surface area (Å²) in [6, 6.07) is 28.9. The van der Waals surface area contributed by atoms with Crippen molar-refractivity contribution in [2.75, 3.05) is 0 Å². The first-order valence-corrected chi connectivity index (χ1v) is 8.80. The van der Waals surface area contributed by atoms with E-state index in [1.807, 2.05) is 77.6 Å². The van der Waals surface area contributed by atoms with Crippen LogP contribution in [0.2, 0.25) is 0 Å². The molecule has 4 aromatic rings. The van der Waals surface area contributed by atoms with Crippen LogP contribution in [0.3, 0.4) is 0 Å². The van der Waals surface area contributed by atoms with Crippen LogP contribution in [-0.2, 0) is 0 Å². The van der Waals surface area contributed by atoms with Gasteiger partial charge in [0, 0.05) is 23.6 Å². The van der Waals surface area contributed by atoms with Gasteiger partial charge in [-0.2, -0.15) is 5.26 Å². The summed E-state index contributed by atoms with van der Waals surface area (Å²) >= 11 is 0. The van der Waals surface area contributed by atoms with Crippen LogP contribution in [0.15, 0.2) is 97.8 Å². The Morgan fingerprint density at radius 3 is 2.07 bits per heavy atom. The van der Waals surface area contributed by atoms with E-state index in [-0.39, 0.29) is 0 Å². The summed E-state index contributed by atoms with van der Waals surface area (Å²) in [7, 11) is 0. The lowest BCUT2D eigenvalue weighted by Crippen LogP contribution is -1.89. The van der Waals surface area contributed by atoms with E-state index in [0.717, 1.165) is 33.5 Å². The predicted molar refractivity (Wildman–Crippen MR) is 111 cm³/mol. The summed E-state index contributed by atoms with van der Waals surface area (Å²) in [6.45, 7) is 3.79. The maximum atomic E-state index is 9.71. The van der Waals surface area contributed by atoms with Crippen molar-refractivity contribution in [2.45, 2.75) is 0 Å². The molecule has 128 valence electrons. The largest absolute Gasteiger partial charge is 0.322 e. The van der Waals surface area contributed by atoms with E-state index in [9.17, 15) is 5.26 Å². The smallest absolute Gasteiger partial charge is 0.101 e. The molecule has 0 spiro atoms. The Morgan fingerprint density at radius 2 is 1.41 bits per heavy atom. The zero-order valence-electron chi connectivity index (χ0n) is 14.8. The molecule has 27 heavy (non-hydrogen) atoms. The first-order chi connectivity index (χ1) is 13.3. The minimum Gasteiger partial charge on any atom is -0.322 e. The number of hydrogen-bond donors (Lipinski definition) is 0. The Labute approximate surface area is 159 Å². The minimum atomic E-state index is 0.658. The Kier molecular flexibility index (Phi) is 4.43. The normalized spacial score (nSPS) is 10.3. The van der Waals surface area contributed by atoms with E-state index >= 15 is 0 Å². The molecule has 0 radical (unpaired) electrons. The highest BCUT2D eigenvalue weighted by atomic mass is 14.9. The van der Waals surface area contributed by atoms with Crippen LogP contribution >= 0.6 is 0 Å². The van der Waals surface area contributed by atoms with Crippen LogP contribution < -0.4 is 0 Å². The summed E-state index contributed by atoms with van der Waals surface area (Å²) in [5, 5.41) is 9.71. The third kappa shape index (κ3) is 3.19. The molecule has 0 aliphatic heterocycles. The van der Waals surface area contributed by atoms with Crippen molar-refractivity contribution < 1.29 is 0 Å².